The van der Waals surface area contributed by atoms with Crippen molar-refractivity contribution in [2.45, 2.75) is 95.5 Å². The number of nitrogens with two attached hydrogens (primary N) is 1. The molecule has 0 amide bonds. The van der Waals surface area contributed by atoms with Gasteiger partial charge in [0.05, 0.1) is 24.2 Å². The maximum Gasteiger partial charge on any atom is 0.191 e. The van der Waals surface area contributed by atoms with Gasteiger partial charge in [-0.05, 0) is 67.9 Å². The van der Waals surface area contributed by atoms with Gasteiger partial charge in [-0.1, -0.05) is 63.2 Å². The van der Waals surface area contributed by atoms with Gasteiger partial charge in [0.25, 0.3) is 0 Å². The second kappa shape index (κ2) is 14.6. The van der Waals surface area contributed by atoms with Crippen molar-refractivity contribution in [2.24, 2.45) is 0 Å². The van der Waals surface area contributed by atoms with Gasteiger partial charge in [-0.2, -0.15) is 5.26 Å². The van der Waals surface area contributed by atoms with Crippen LogP contribution in [-0.2, 0) is 22.0 Å². The largest absolute Gasteiger partial charge is 0.493 e. The lowest BCUT2D eigenvalue weighted by Crippen LogP contribution is -2.44. The summed E-state index contributed by atoms with van der Waals surface area (Å²) >= 11 is 0. The third-order valence-electron chi connectivity index (χ3n) is 10.0. The minimum atomic E-state index is -1.80. The Hall–Kier alpha value is -3.83. The number of ether oxygens (including phenoxy) is 2. The first kappa shape index (κ1) is 36.4. The number of nitriles is 1. The van der Waals surface area contributed by atoms with Crippen LogP contribution in [0.1, 0.15) is 63.6 Å². The average Bonchev–Trinajstić information content (AvgIpc) is 3.50. The van der Waals surface area contributed by atoms with Gasteiger partial charge in [-0.3, -0.25) is 4.57 Å². The molecule has 12 heteroatoms. The number of aromatic nitrogens is 3. The number of nitrogens with zero attached hydrogens (tertiary/aromatic N) is 4. The van der Waals surface area contributed by atoms with E-state index in [1.54, 1.807) is 4.57 Å². The number of fused-ring (bicyclic) bond motifs is 1. The number of anilines is 1. The zero-order valence-electron chi connectivity index (χ0n) is 29.3. The molecule has 2 aromatic heterocycles. The van der Waals surface area contributed by atoms with E-state index < -0.39 is 39.0 Å². The Bertz CT molecular complexity index is 1800. The molecule has 0 saturated carbocycles. The van der Waals surface area contributed by atoms with E-state index >= 15 is 0 Å². The number of hydrogen-bond acceptors (Lipinski definition) is 10. The summed E-state index contributed by atoms with van der Waals surface area (Å²) in [5.74, 6) is 0.886. The highest BCUT2D eigenvalue weighted by molar-refractivity contribution is 6.74. The minimum Gasteiger partial charge on any atom is -0.493 e. The number of aliphatic hydroxyl groups excluding tert-OH is 2. The van der Waals surface area contributed by atoms with Crippen LogP contribution in [0.5, 0.6) is 5.75 Å². The number of nitrogen functional groups attached to an aromatic ring is 1. The molecule has 5 N–H and O–H groups in total. The van der Waals surface area contributed by atoms with E-state index in [9.17, 15) is 20.6 Å². The fourth-order valence-electron chi connectivity index (χ4n) is 6.08. The van der Waals surface area contributed by atoms with E-state index in [0.717, 1.165) is 35.3 Å². The van der Waals surface area contributed by atoms with E-state index in [-0.39, 0.29) is 16.4 Å². The van der Waals surface area contributed by atoms with Crippen LogP contribution in [0.3, 0.4) is 0 Å². The van der Waals surface area contributed by atoms with E-state index in [4.69, 9.17) is 19.6 Å². The predicted octanol–water partition coefficient (Wildman–Crippen LogP) is 5.52. The van der Waals surface area contributed by atoms with Crippen LogP contribution in [0, 0.1) is 11.3 Å². The van der Waals surface area contributed by atoms with Crippen LogP contribution >= 0.6 is 0 Å². The molecule has 2 aromatic carbocycles. The molecule has 1 aliphatic rings. The third kappa shape index (κ3) is 7.38. The molecule has 1 unspecified atom stereocenters. The summed E-state index contributed by atoms with van der Waals surface area (Å²) < 4.78 is 20.4. The van der Waals surface area contributed by atoms with Crippen molar-refractivity contribution in [3.05, 3.63) is 71.7 Å². The van der Waals surface area contributed by atoms with Crippen LogP contribution in [0.4, 0.5) is 5.82 Å². The molecule has 11 nitrogen and oxygen atoms in total. The summed E-state index contributed by atoms with van der Waals surface area (Å²) in [7, 11) is -1.80. The van der Waals surface area contributed by atoms with Crippen molar-refractivity contribution in [3.63, 3.8) is 0 Å². The molecular weight excluding hydrogens is 639 g/mol. The van der Waals surface area contributed by atoms with Crippen molar-refractivity contribution in [1.82, 2.24) is 14.5 Å². The normalized spacial score (nSPS) is 21.3. The first-order valence-electron chi connectivity index (χ1n) is 16.9. The number of hydrogen-bond donors (Lipinski definition) is 4. The van der Waals surface area contributed by atoms with Crippen LogP contribution in [0.2, 0.25) is 18.1 Å². The highest BCUT2D eigenvalue weighted by atomic mass is 28.4. The summed E-state index contributed by atoms with van der Waals surface area (Å²) in [6.07, 6.45) is 0.346. The minimum absolute atomic E-state index is 0.121. The maximum atomic E-state index is 11.4. The average molecular weight is 688 g/mol. The van der Waals surface area contributed by atoms with Crippen LogP contribution in [0.25, 0.3) is 22.2 Å². The number of aryl methyl sites for hydroxylation is 1. The summed E-state index contributed by atoms with van der Waals surface area (Å²) in [5.41, 5.74) is 8.55. The van der Waals surface area contributed by atoms with Gasteiger partial charge in [0.2, 0.25) is 0 Å². The zero-order valence-corrected chi connectivity index (χ0v) is 30.3. The molecule has 1 fully saturated rings. The van der Waals surface area contributed by atoms with Crippen molar-refractivity contribution >= 4 is 25.2 Å². The fraction of sp³-hybridized carbons (Fsp3) is 0.486. The highest BCUT2D eigenvalue weighted by Gasteiger charge is 2.54. The highest BCUT2D eigenvalue weighted by Crippen LogP contribution is 2.43. The lowest BCUT2D eigenvalue weighted by molar-refractivity contribution is -0.0958. The first-order valence-corrected chi connectivity index (χ1v) is 19.8. The van der Waals surface area contributed by atoms with Crippen molar-refractivity contribution in [2.75, 3.05) is 25.6 Å². The summed E-state index contributed by atoms with van der Waals surface area (Å²) in [6, 6.07) is 18.5. The summed E-state index contributed by atoms with van der Waals surface area (Å²) in [5, 5.41) is 42.9. The molecular formula is C37H49N5O6Si. The van der Waals surface area contributed by atoms with Gasteiger partial charge in [0.15, 0.2) is 14.5 Å². The van der Waals surface area contributed by atoms with E-state index in [1.165, 1.54) is 13.3 Å². The Morgan fingerprint density at radius 1 is 1.08 bits per heavy atom. The SMILES string of the molecule is CC(C)(C)[Si](C)(C)OCCCCOc1cc(CCc2c(C#N)c3c(N)ncnc3n2C2O[C@H](CO)[C@@H](O)[C@@]2(C)O)ccc1-c1ccccc1. The number of benzene rings is 2. The number of rotatable bonds is 13. The molecule has 1 aliphatic heterocycles. The molecule has 0 aliphatic carbocycles. The third-order valence-corrected chi connectivity index (χ3v) is 14.6. The quantitative estimate of drug-likeness (QED) is 0.104. The number of unbranched alkanes of at least 4 members (excludes halogenated alkanes) is 1. The second-order valence-corrected chi connectivity index (χ2v) is 19.3. The van der Waals surface area contributed by atoms with Crippen LogP contribution in [-0.4, -0.2) is 75.8 Å². The Morgan fingerprint density at radius 2 is 1.80 bits per heavy atom. The Balaban J connectivity index is 1.41. The van der Waals surface area contributed by atoms with E-state index in [1.807, 2.05) is 30.3 Å². The Labute approximate surface area is 289 Å². The molecule has 3 heterocycles. The monoisotopic (exact) mass is 687 g/mol. The topological polar surface area (TPSA) is 169 Å². The maximum absolute atomic E-state index is 11.4. The standard InChI is InChI=1S/C37H49N5O6Si/c1-36(2,3)49(5,6)47-19-11-10-18-46-29-20-24(14-16-26(29)25-12-8-7-9-13-25)15-17-28-27(21-38)31-33(39)40-23-41-34(31)42(28)35-37(4,45)32(44)30(22-43)48-35/h7-9,12-14,16,20,23,30,32,35,43-45H,10-11,15,17-19,22H2,1-6H3,(H2,39,40,41)/t30-,32-,35?,37-/m1/s1. The van der Waals surface area contributed by atoms with Gasteiger partial charge in [0, 0.05) is 17.9 Å². The van der Waals surface area contributed by atoms with Crippen LogP contribution < -0.4 is 10.5 Å². The Morgan fingerprint density at radius 3 is 2.45 bits per heavy atom. The summed E-state index contributed by atoms with van der Waals surface area (Å²) in [4.78, 5) is 8.51. The number of aliphatic hydroxyl groups is 3. The molecule has 4 atom stereocenters. The van der Waals surface area contributed by atoms with Gasteiger partial charge >= 0.3 is 0 Å². The smallest absolute Gasteiger partial charge is 0.191 e. The Kier molecular flexibility index (Phi) is 10.8. The lowest BCUT2D eigenvalue weighted by atomic mass is 9.96. The van der Waals surface area contributed by atoms with Crippen molar-refractivity contribution < 1.29 is 29.2 Å². The van der Waals surface area contributed by atoms with Crippen molar-refractivity contribution in [3.8, 4) is 22.9 Å². The molecule has 0 radical (unpaired) electrons. The predicted molar refractivity (Wildman–Crippen MR) is 191 cm³/mol. The second-order valence-electron chi connectivity index (χ2n) is 14.5. The fourth-order valence-corrected chi connectivity index (χ4v) is 7.17. The van der Waals surface area contributed by atoms with Gasteiger partial charge in [-0.25, -0.2) is 9.97 Å². The molecule has 49 heavy (non-hydrogen) atoms. The van der Waals surface area contributed by atoms with E-state index in [2.05, 4.69) is 68.1 Å². The van der Waals surface area contributed by atoms with Gasteiger partial charge in [0.1, 0.15) is 47.4 Å². The molecule has 5 rings (SSSR count). The van der Waals surface area contributed by atoms with Crippen LogP contribution in [0.15, 0.2) is 54.9 Å². The molecule has 262 valence electrons. The van der Waals surface area contributed by atoms with Gasteiger partial charge in [-0.15, -0.1) is 0 Å². The molecule has 0 spiro atoms. The van der Waals surface area contributed by atoms with Crippen molar-refractivity contribution in [1.29, 1.82) is 5.26 Å². The molecule has 0 bridgehead atoms. The summed E-state index contributed by atoms with van der Waals surface area (Å²) in [6.45, 7) is 13.5. The van der Waals surface area contributed by atoms with E-state index in [0.29, 0.717) is 42.8 Å². The zero-order chi connectivity index (χ0) is 35.6. The lowest BCUT2D eigenvalue weighted by Gasteiger charge is -2.36. The van der Waals surface area contributed by atoms with Gasteiger partial charge < -0.3 is 35.0 Å². The molecule has 4 aromatic rings. The first-order chi connectivity index (χ1) is 23.2. The molecule has 1 saturated heterocycles.